The number of nitrogens with zero attached hydrogens (tertiary/aromatic N) is 3. The number of rotatable bonds is 2. The van der Waals surface area contributed by atoms with Crippen LogP contribution in [0.2, 0.25) is 0 Å². The minimum Gasteiger partial charge on any atom is -0.455 e. The second-order valence-corrected chi connectivity index (χ2v) is 13.2. The number of thiophene rings is 1. The summed E-state index contributed by atoms with van der Waals surface area (Å²) in [7, 11) is 0. The molecule has 0 aliphatic heterocycles. The molecule has 4 aromatic heterocycles. The Balaban J connectivity index is 1.30. The third kappa shape index (κ3) is 3.46. The molecule has 0 fully saturated rings. The van der Waals surface area contributed by atoms with Crippen molar-refractivity contribution in [3.8, 4) is 17.2 Å². The number of fused-ring (bicyclic) bond motifs is 12. The molecule has 4 nitrogen and oxygen atoms in total. The molecule has 0 spiro atoms. The molecule has 5 heteroatoms. The zero-order chi connectivity index (χ0) is 30.6. The summed E-state index contributed by atoms with van der Waals surface area (Å²) in [5, 5.41) is 10.3. The maximum atomic E-state index is 6.51. The van der Waals surface area contributed by atoms with Gasteiger partial charge in [-0.15, -0.1) is 11.3 Å². The summed E-state index contributed by atoms with van der Waals surface area (Å²) in [6.07, 6.45) is 0. The van der Waals surface area contributed by atoms with Gasteiger partial charge >= 0.3 is 0 Å². The van der Waals surface area contributed by atoms with Gasteiger partial charge in [0.2, 0.25) is 5.95 Å². The third-order valence-electron chi connectivity index (χ3n) is 9.60. The van der Waals surface area contributed by atoms with Gasteiger partial charge in [-0.2, -0.15) is 0 Å². The van der Waals surface area contributed by atoms with E-state index in [1.807, 2.05) is 12.1 Å². The molecule has 218 valence electrons. The van der Waals surface area contributed by atoms with Gasteiger partial charge in [0, 0.05) is 42.6 Å². The van der Waals surface area contributed by atoms with Crippen LogP contribution in [-0.4, -0.2) is 14.5 Å². The van der Waals surface area contributed by atoms with Gasteiger partial charge in [0.25, 0.3) is 0 Å². The smallest absolute Gasteiger partial charge is 0.235 e. The Morgan fingerprint density at radius 3 is 2.21 bits per heavy atom. The molecule has 0 bridgehead atoms. The number of para-hydroxylation sites is 2. The molecule has 0 saturated heterocycles. The maximum Gasteiger partial charge on any atom is 0.235 e. The lowest BCUT2D eigenvalue weighted by molar-refractivity contribution is 0.672. The highest BCUT2D eigenvalue weighted by Gasteiger charge is 2.22. The van der Waals surface area contributed by atoms with E-state index in [-0.39, 0.29) is 0 Å². The van der Waals surface area contributed by atoms with Crippen molar-refractivity contribution < 1.29 is 4.42 Å². The van der Waals surface area contributed by atoms with Gasteiger partial charge in [0.05, 0.1) is 26.9 Å². The van der Waals surface area contributed by atoms with Crippen molar-refractivity contribution in [1.29, 1.82) is 0 Å². The van der Waals surface area contributed by atoms with E-state index in [2.05, 4.69) is 132 Å². The molecule has 11 rings (SSSR count). The molecule has 0 N–H and O–H groups in total. The van der Waals surface area contributed by atoms with Gasteiger partial charge in [0.15, 0.2) is 0 Å². The number of benzene rings is 7. The van der Waals surface area contributed by atoms with Gasteiger partial charge in [-0.3, -0.25) is 4.57 Å². The molecular weight excluding hydrogens is 595 g/mol. The monoisotopic (exact) mass is 617 g/mol. The Kier molecular flexibility index (Phi) is 4.96. The number of furan rings is 1. The largest absolute Gasteiger partial charge is 0.455 e. The lowest BCUT2D eigenvalue weighted by Gasteiger charge is -2.12. The number of hydrogen-bond acceptors (Lipinski definition) is 4. The molecule has 0 atom stereocenters. The summed E-state index contributed by atoms with van der Waals surface area (Å²) in [4.78, 5) is 10.9. The van der Waals surface area contributed by atoms with Crippen LogP contribution in [0.5, 0.6) is 0 Å². The molecule has 0 unspecified atom stereocenters. The molecule has 7 aromatic carbocycles. The van der Waals surface area contributed by atoms with Crippen LogP contribution in [-0.2, 0) is 0 Å². The van der Waals surface area contributed by atoms with Crippen molar-refractivity contribution in [3.05, 3.63) is 140 Å². The van der Waals surface area contributed by atoms with Crippen LogP contribution in [0, 0.1) is 0 Å². The molecule has 0 radical (unpaired) electrons. The van der Waals surface area contributed by atoms with Crippen LogP contribution >= 0.6 is 11.3 Å². The molecule has 47 heavy (non-hydrogen) atoms. The fourth-order valence-electron chi connectivity index (χ4n) is 7.48. The molecule has 0 aliphatic rings. The predicted molar refractivity (Wildman–Crippen MR) is 197 cm³/mol. The zero-order valence-electron chi connectivity index (χ0n) is 24.9. The maximum absolute atomic E-state index is 6.51. The summed E-state index contributed by atoms with van der Waals surface area (Å²) < 4.78 is 11.1. The lowest BCUT2D eigenvalue weighted by Crippen LogP contribution is -2.03. The van der Waals surface area contributed by atoms with E-state index in [1.54, 1.807) is 11.3 Å². The highest BCUT2D eigenvalue weighted by molar-refractivity contribution is 7.26. The van der Waals surface area contributed by atoms with Crippen molar-refractivity contribution in [2.75, 3.05) is 0 Å². The first-order valence-electron chi connectivity index (χ1n) is 15.8. The Bertz CT molecular complexity index is 3090. The van der Waals surface area contributed by atoms with Crippen LogP contribution in [0.4, 0.5) is 0 Å². The molecule has 0 amide bonds. The Morgan fingerprint density at radius 1 is 0.511 bits per heavy atom. The van der Waals surface area contributed by atoms with Gasteiger partial charge < -0.3 is 4.42 Å². The summed E-state index contributed by atoms with van der Waals surface area (Å²) in [6.45, 7) is 0. The summed E-state index contributed by atoms with van der Waals surface area (Å²) in [5.74, 6) is 0.659. The van der Waals surface area contributed by atoms with Crippen LogP contribution in [0.1, 0.15) is 0 Å². The van der Waals surface area contributed by atoms with Crippen LogP contribution < -0.4 is 0 Å². The quantitative estimate of drug-likeness (QED) is 0.194. The highest BCUT2D eigenvalue weighted by atomic mass is 32.1. The van der Waals surface area contributed by atoms with E-state index in [9.17, 15) is 0 Å². The summed E-state index contributed by atoms with van der Waals surface area (Å²) in [5.41, 5.74) is 6.96. The first-order valence-corrected chi connectivity index (χ1v) is 16.6. The average Bonchev–Trinajstić information content (AvgIpc) is 3.80. The van der Waals surface area contributed by atoms with Crippen molar-refractivity contribution in [3.63, 3.8) is 0 Å². The fourth-order valence-corrected chi connectivity index (χ4v) is 8.63. The van der Waals surface area contributed by atoms with Gasteiger partial charge in [-0.1, -0.05) is 103 Å². The van der Waals surface area contributed by atoms with E-state index in [4.69, 9.17) is 14.4 Å². The van der Waals surface area contributed by atoms with Crippen LogP contribution in [0.3, 0.4) is 0 Å². The summed E-state index contributed by atoms with van der Waals surface area (Å²) in [6, 6.07) is 49.4. The van der Waals surface area contributed by atoms with Gasteiger partial charge in [-0.25, -0.2) is 9.97 Å². The van der Waals surface area contributed by atoms with E-state index in [0.29, 0.717) is 5.95 Å². The fraction of sp³-hybridized carbons (Fsp3) is 0. The molecular formula is C42H23N3OS. The third-order valence-corrected chi connectivity index (χ3v) is 10.8. The Hall–Kier alpha value is -6.04. The average molecular weight is 618 g/mol. The van der Waals surface area contributed by atoms with Crippen LogP contribution in [0.15, 0.2) is 144 Å². The predicted octanol–water partition coefficient (Wildman–Crippen LogP) is 11.8. The lowest BCUT2D eigenvalue weighted by atomic mass is 10.0. The normalized spacial score (nSPS) is 12.3. The minimum absolute atomic E-state index is 0.659. The zero-order valence-corrected chi connectivity index (χ0v) is 25.8. The SMILES string of the molecule is c1ccc2c(-c3nc(-n4c5ccccc5c5cc6ccc7c8ccccc8oc7c6cc54)nc4c3sc3ccccc34)cccc2c1. The number of aromatic nitrogens is 3. The number of hydrogen-bond donors (Lipinski definition) is 0. The van der Waals surface area contributed by atoms with Crippen LogP contribution in [0.25, 0.3) is 103 Å². The Labute approximate surface area is 271 Å². The topological polar surface area (TPSA) is 43.9 Å². The molecule has 4 heterocycles. The van der Waals surface area contributed by atoms with E-state index < -0.39 is 0 Å². The molecule has 0 aliphatic carbocycles. The minimum atomic E-state index is 0.659. The van der Waals surface area contributed by atoms with Gasteiger partial charge in [0.1, 0.15) is 11.2 Å². The molecule has 0 saturated carbocycles. The van der Waals surface area contributed by atoms with Crippen molar-refractivity contribution in [1.82, 2.24) is 14.5 Å². The first-order chi connectivity index (χ1) is 23.3. The standard InChI is InChI=1S/C42H23N3OS/c1-2-12-26-24(10-1)11-9-16-29(26)38-41-39(31-15-5-8-19-37(31)47-41)44-42(43-38)45-34-17-6-3-13-27(34)33-22-25-20-21-30-28-14-4-7-18-36(28)46-40(30)32(25)23-35(33)45/h1-23H. The summed E-state index contributed by atoms with van der Waals surface area (Å²) >= 11 is 1.76. The van der Waals surface area contributed by atoms with E-state index in [1.165, 1.54) is 20.9 Å². The molecule has 11 aromatic rings. The second-order valence-electron chi connectivity index (χ2n) is 12.2. The van der Waals surface area contributed by atoms with E-state index >= 15 is 0 Å². The van der Waals surface area contributed by atoms with Crippen molar-refractivity contribution >= 4 is 96.9 Å². The highest BCUT2D eigenvalue weighted by Crippen LogP contribution is 2.43. The first kappa shape index (κ1) is 25.2. The van der Waals surface area contributed by atoms with Gasteiger partial charge in [-0.05, 0) is 52.6 Å². The van der Waals surface area contributed by atoms with E-state index in [0.717, 1.165) is 76.0 Å². The van der Waals surface area contributed by atoms with Crippen molar-refractivity contribution in [2.45, 2.75) is 0 Å². The second kappa shape index (κ2) is 9.25. The van der Waals surface area contributed by atoms with Crippen molar-refractivity contribution in [2.24, 2.45) is 0 Å². The Morgan fingerprint density at radius 2 is 1.28 bits per heavy atom.